The van der Waals surface area contributed by atoms with Gasteiger partial charge < -0.3 is 9.80 Å². The van der Waals surface area contributed by atoms with E-state index in [0.717, 1.165) is 25.0 Å². The molecule has 0 unspecified atom stereocenters. The molecule has 2 saturated heterocycles. The molecular formula is C16H26N4. The maximum atomic E-state index is 4.43. The Morgan fingerprint density at radius 2 is 1.95 bits per heavy atom. The lowest BCUT2D eigenvalue weighted by Crippen LogP contribution is -2.45. The highest BCUT2D eigenvalue weighted by Crippen LogP contribution is 2.39. The van der Waals surface area contributed by atoms with Gasteiger partial charge in [0.25, 0.3) is 0 Å². The second-order valence-electron chi connectivity index (χ2n) is 6.95. The third kappa shape index (κ3) is 2.95. The number of piperidine rings is 1. The quantitative estimate of drug-likeness (QED) is 0.847. The number of hydrogen-bond acceptors (Lipinski definition) is 4. The highest BCUT2D eigenvalue weighted by atomic mass is 15.3. The molecule has 0 saturated carbocycles. The van der Waals surface area contributed by atoms with E-state index in [-0.39, 0.29) is 0 Å². The van der Waals surface area contributed by atoms with Gasteiger partial charge in [0.05, 0.1) is 0 Å². The van der Waals surface area contributed by atoms with Crippen molar-refractivity contribution in [3.05, 3.63) is 18.5 Å². The Morgan fingerprint density at radius 1 is 1.15 bits per heavy atom. The summed E-state index contributed by atoms with van der Waals surface area (Å²) in [6.45, 7) is 10.6. The summed E-state index contributed by atoms with van der Waals surface area (Å²) in [5.41, 5.74) is 0.479. The van der Waals surface area contributed by atoms with Gasteiger partial charge in [0.1, 0.15) is 0 Å². The van der Waals surface area contributed by atoms with E-state index < -0.39 is 0 Å². The lowest BCUT2D eigenvalue weighted by molar-refractivity contribution is 0.209. The summed E-state index contributed by atoms with van der Waals surface area (Å²) in [6.07, 6.45) is 7.68. The fourth-order valence-corrected chi connectivity index (χ4v) is 3.87. The van der Waals surface area contributed by atoms with Gasteiger partial charge >= 0.3 is 0 Å². The third-order valence-corrected chi connectivity index (χ3v) is 4.64. The van der Waals surface area contributed by atoms with Gasteiger partial charge in [-0.3, -0.25) is 0 Å². The number of rotatable bonds is 3. The molecule has 3 rings (SSSR count). The van der Waals surface area contributed by atoms with Crippen molar-refractivity contribution in [2.75, 3.05) is 37.6 Å². The van der Waals surface area contributed by atoms with Crippen LogP contribution >= 0.6 is 0 Å². The van der Waals surface area contributed by atoms with Gasteiger partial charge in [-0.25, -0.2) is 9.97 Å². The zero-order valence-corrected chi connectivity index (χ0v) is 12.8. The van der Waals surface area contributed by atoms with Crippen LogP contribution in [0.25, 0.3) is 0 Å². The number of anilines is 1. The van der Waals surface area contributed by atoms with Gasteiger partial charge in [0, 0.05) is 44.0 Å². The van der Waals surface area contributed by atoms with Crippen LogP contribution in [0, 0.1) is 11.3 Å². The van der Waals surface area contributed by atoms with Crippen molar-refractivity contribution in [1.82, 2.24) is 14.9 Å². The Hall–Kier alpha value is -1.16. The predicted molar refractivity (Wildman–Crippen MR) is 81.8 cm³/mol. The predicted octanol–water partition coefficient (Wildman–Crippen LogP) is 2.42. The number of likely N-dealkylation sites (tertiary alicyclic amines) is 1. The molecule has 0 N–H and O–H groups in total. The number of hydrogen-bond donors (Lipinski definition) is 0. The zero-order chi connectivity index (χ0) is 14.0. The highest BCUT2D eigenvalue weighted by Gasteiger charge is 2.41. The minimum Gasteiger partial charge on any atom is -0.340 e. The Balaban J connectivity index is 1.67. The van der Waals surface area contributed by atoms with E-state index >= 15 is 0 Å². The molecule has 2 aliphatic heterocycles. The molecule has 3 heterocycles. The molecule has 1 aromatic rings. The maximum Gasteiger partial charge on any atom is 0.225 e. The molecule has 0 amide bonds. The van der Waals surface area contributed by atoms with Crippen molar-refractivity contribution < 1.29 is 0 Å². The van der Waals surface area contributed by atoms with Crippen LogP contribution in [0.15, 0.2) is 18.5 Å². The zero-order valence-electron chi connectivity index (χ0n) is 12.8. The van der Waals surface area contributed by atoms with Gasteiger partial charge in [-0.15, -0.1) is 0 Å². The van der Waals surface area contributed by atoms with E-state index in [1.165, 1.54) is 38.9 Å². The molecule has 4 nitrogen and oxygen atoms in total. The Morgan fingerprint density at radius 3 is 2.70 bits per heavy atom. The summed E-state index contributed by atoms with van der Waals surface area (Å²) in [5.74, 6) is 1.68. The summed E-state index contributed by atoms with van der Waals surface area (Å²) in [6, 6.07) is 1.89. The highest BCUT2D eigenvalue weighted by molar-refractivity contribution is 5.30. The molecule has 20 heavy (non-hydrogen) atoms. The smallest absolute Gasteiger partial charge is 0.225 e. The van der Waals surface area contributed by atoms with Crippen LogP contribution in [0.2, 0.25) is 0 Å². The minimum absolute atomic E-state index is 0.479. The number of aromatic nitrogens is 2. The third-order valence-electron chi connectivity index (χ3n) is 4.64. The van der Waals surface area contributed by atoms with E-state index in [4.69, 9.17) is 0 Å². The Bertz CT molecular complexity index is 433. The summed E-state index contributed by atoms with van der Waals surface area (Å²) in [7, 11) is 0. The monoisotopic (exact) mass is 274 g/mol. The molecule has 2 fully saturated rings. The fraction of sp³-hybridized carbons (Fsp3) is 0.750. The van der Waals surface area contributed by atoms with Crippen molar-refractivity contribution in [3.8, 4) is 0 Å². The first kappa shape index (κ1) is 13.8. The van der Waals surface area contributed by atoms with E-state index in [1.807, 2.05) is 18.5 Å². The average Bonchev–Trinajstić information content (AvgIpc) is 2.81. The van der Waals surface area contributed by atoms with Crippen molar-refractivity contribution in [2.45, 2.75) is 33.1 Å². The lowest BCUT2D eigenvalue weighted by Gasteiger charge is -2.40. The van der Waals surface area contributed by atoms with E-state index in [0.29, 0.717) is 5.41 Å². The van der Waals surface area contributed by atoms with Crippen LogP contribution in [-0.4, -0.2) is 47.6 Å². The summed E-state index contributed by atoms with van der Waals surface area (Å²) >= 11 is 0. The SMILES string of the molecule is CC(C)CN1CC[C@]2(CCCN(c3ncccn3)C2)C1. The summed E-state index contributed by atoms with van der Waals surface area (Å²) in [5, 5.41) is 0. The molecule has 4 heteroatoms. The van der Waals surface area contributed by atoms with Crippen molar-refractivity contribution in [3.63, 3.8) is 0 Å². The van der Waals surface area contributed by atoms with E-state index in [1.54, 1.807) is 0 Å². The molecule has 0 aliphatic carbocycles. The van der Waals surface area contributed by atoms with Gasteiger partial charge in [0.15, 0.2) is 0 Å². The molecular weight excluding hydrogens is 248 g/mol. The first-order valence-corrected chi connectivity index (χ1v) is 7.91. The largest absolute Gasteiger partial charge is 0.340 e. The molecule has 1 aromatic heterocycles. The minimum atomic E-state index is 0.479. The first-order chi connectivity index (χ1) is 9.67. The van der Waals surface area contributed by atoms with Crippen molar-refractivity contribution in [1.29, 1.82) is 0 Å². The van der Waals surface area contributed by atoms with E-state index in [9.17, 15) is 0 Å². The van der Waals surface area contributed by atoms with Crippen LogP contribution in [0.5, 0.6) is 0 Å². The van der Waals surface area contributed by atoms with Crippen LogP contribution in [0.4, 0.5) is 5.95 Å². The Labute approximate surface area is 122 Å². The summed E-state index contributed by atoms with van der Waals surface area (Å²) < 4.78 is 0. The lowest BCUT2D eigenvalue weighted by atomic mass is 9.79. The molecule has 1 spiro atoms. The van der Waals surface area contributed by atoms with Crippen LogP contribution in [0.3, 0.4) is 0 Å². The normalized spacial score (nSPS) is 27.6. The topological polar surface area (TPSA) is 32.3 Å². The van der Waals surface area contributed by atoms with E-state index in [2.05, 4.69) is 33.6 Å². The van der Waals surface area contributed by atoms with Gasteiger partial charge in [-0.05, 0) is 37.8 Å². The van der Waals surface area contributed by atoms with Gasteiger partial charge in [0.2, 0.25) is 5.95 Å². The second kappa shape index (κ2) is 5.68. The van der Waals surface area contributed by atoms with Gasteiger partial charge in [-0.1, -0.05) is 13.8 Å². The summed E-state index contributed by atoms with van der Waals surface area (Å²) in [4.78, 5) is 13.9. The second-order valence-corrected chi connectivity index (χ2v) is 6.95. The standard InChI is InChI=1S/C16H26N4/c1-14(2)11-19-10-6-16(12-19)5-3-9-20(13-16)15-17-7-4-8-18-15/h4,7-8,14H,3,5-6,9-13H2,1-2H3/t16-/m1/s1. The average molecular weight is 274 g/mol. The Kier molecular flexibility index (Phi) is 3.92. The van der Waals surface area contributed by atoms with Crippen LogP contribution < -0.4 is 4.90 Å². The molecule has 2 aliphatic rings. The molecule has 0 radical (unpaired) electrons. The molecule has 1 atom stereocenters. The maximum absolute atomic E-state index is 4.43. The molecule has 0 aromatic carbocycles. The molecule has 0 bridgehead atoms. The van der Waals surface area contributed by atoms with Crippen LogP contribution in [0.1, 0.15) is 33.1 Å². The molecule has 110 valence electrons. The first-order valence-electron chi connectivity index (χ1n) is 7.91. The van der Waals surface area contributed by atoms with Crippen molar-refractivity contribution in [2.24, 2.45) is 11.3 Å². The fourth-order valence-electron chi connectivity index (χ4n) is 3.87. The van der Waals surface area contributed by atoms with Crippen molar-refractivity contribution >= 4 is 5.95 Å². The van der Waals surface area contributed by atoms with Gasteiger partial charge in [-0.2, -0.15) is 0 Å². The number of nitrogens with zero attached hydrogens (tertiary/aromatic N) is 4. The van der Waals surface area contributed by atoms with Crippen LogP contribution in [-0.2, 0) is 0 Å².